The monoisotopic (exact) mass is 266 g/mol. The molecule has 1 aliphatic heterocycles. The summed E-state index contributed by atoms with van der Waals surface area (Å²) < 4.78 is 21.3. The summed E-state index contributed by atoms with van der Waals surface area (Å²) in [6, 6.07) is 5.00. The van der Waals surface area contributed by atoms with Crippen LogP contribution in [0.15, 0.2) is 18.2 Å². The number of halogens is 1. The van der Waals surface area contributed by atoms with Crippen LogP contribution < -0.4 is 0 Å². The van der Waals surface area contributed by atoms with Crippen LogP contribution in [-0.2, 0) is 4.74 Å². The Morgan fingerprint density at radius 1 is 1.56 bits per heavy atom. The zero-order chi connectivity index (χ0) is 12.7. The Bertz CT molecular complexity index is 627. The highest BCUT2D eigenvalue weighted by molar-refractivity contribution is 7.71. The Morgan fingerprint density at radius 3 is 3.11 bits per heavy atom. The molecular weight excluding hydrogens is 251 g/mol. The molecule has 0 saturated carbocycles. The lowest BCUT2D eigenvalue weighted by molar-refractivity contribution is 0.175. The van der Waals surface area contributed by atoms with Crippen LogP contribution in [0, 0.1) is 16.5 Å². The van der Waals surface area contributed by atoms with Crippen molar-refractivity contribution in [3.63, 3.8) is 0 Å². The molecule has 5 heteroatoms. The van der Waals surface area contributed by atoms with Gasteiger partial charge in [-0.1, -0.05) is 0 Å². The molecule has 1 aromatic heterocycles. The van der Waals surface area contributed by atoms with E-state index in [0.717, 1.165) is 30.7 Å². The van der Waals surface area contributed by atoms with Crippen LogP contribution in [0.2, 0.25) is 0 Å². The van der Waals surface area contributed by atoms with Crippen molar-refractivity contribution < 1.29 is 9.13 Å². The third-order valence-corrected chi connectivity index (χ3v) is 4.03. The number of benzene rings is 1. The first-order valence-corrected chi connectivity index (χ1v) is 6.55. The topological polar surface area (TPSA) is 29.9 Å². The van der Waals surface area contributed by atoms with Crippen molar-refractivity contribution in [2.24, 2.45) is 5.92 Å². The molecule has 1 N–H and O–H groups in total. The minimum atomic E-state index is -0.247. The number of ether oxygens (including phenoxy) is 1. The van der Waals surface area contributed by atoms with E-state index in [0.29, 0.717) is 10.7 Å². The van der Waals surface area contributed by atoms with Crippen LogP contribution in [0.25, 0.3) is 11.0 Å². The summed E-state index contributed by atoms with van der Waals surface area (Å²) in [7, 11) is 0. The van der Waals surface area contributed by atoms with Crippen molar-refractivity contribution in [2.75, 3.05) is 13.2 Å². The highest BCUT2D eigenvalue weighted by atomic mass is 32.1. The second-order valence-corrected chi connectivity index (χ2v) is 5.21. The standard InChI is InChI=1S/C13H15FN2OS/c1-8(9-4-5-17-7-9)16-12-3-2-10(14)6-11(12)15-13(16)18/h2-3,6,8-9H,4-5,7H2,1H3,(H,15,18). The van der Waals surface area contributed by atoms with Crippen LogP contribution in [0.5, 0.6) is 0 Å². The van der Waals surface area contributed by atoms with E-state index in [1.807, 2.05) is 0 Å². The molecule has 96 valence electrons. The molecule has 3 nitrogen and oxygen atoms in total. The van der Waals surface area contributed by atoms with Crippen LogP contribution in [0.4, 0.5) is 4.39 Å². The Balaban J connectivity index is 2.10. The third-order valence-electron chi connectivity index (χ3n) is 3.73. The van der Waals surface area contributed by atoms with Crippen molar-refractivity contribution in [1.29, 1.82) is 0 Å². The second kappa shape index (κ2) is 4.48. The molecule has 2 heterocycles. The van der Waals surface area contributed by atoms with Crippen molar-refractivity contribution in [1.82, 2.24) is 9.55 Å². The number of hydrogen-bond donors (Lipinski definition) is 1. The predicted molar refractivity (Wildman–Crippen MR) is 70.7 cm³/mol. The molecule has 1 fully saturated rings. The van der Waals surface area contributed by atoms with Crippen LogP contribution >= 0.6 is 12.2 Å². The number of nitrogens with one attached hydrogen (secondary N) is 1. The van der Waals surface area contributed by atoms with Gasteiger partial charge in [0.05, 0.1) is 17.6 Å². The summed E-state index contributed by atoms with van der Waals surface area (Å²) in [5.41, 5.74) is 1.71. The molecule has 2 unspecified atom stereocenters. The first-order chi connectivity index (χ1) is 8.66. The first kappa shape index (κ1) is 11.9. The largest absolute Gasteiger partial charge is 0.381 e. The Morgan fingerprint density at radius 2 is 2.39 bits per heavy atom. The van der Waals surface area contributed by atoms with Crippen LogP contribution in [0.1, 0.15) is 19.4 Å². The summed E-state index contributed by atoms with van der Waals surface area (Å²) >= 11 is 5.35. The average Bonchev–Trinajstić information content (AvgIpc) is 2.94. The quantitative estimate of drug-likeness (QED) is 0.844. The SMILES string of the molecule is CC(C1CCOC1)n1c(=S)[nH]c2cc(F)ccc21. The van der Waals surface area contributed by atoms with Gasteiger partial charge >= 0.3 is 0 Å². The molecule has 1 aromatic carbocycles. The van der Waals surface area contributed by atoms with Gasteiger partial charge < -0.3 is 14.3 Å². The molecule has 0 radical (unpaired) electrons. The maximum atomic E-state index is 13.2. The number of rotatable bonds is 2. The summed E-state index contributed by atoms with van der Waals surface area (Å²) in [5, 5.41) is 0. The number of H-pyrrole nitrogens is 1. The van der Waals surface area contributed by atoms with Crippen LogP contribution in [0.3, 0.4) is 0 Å². The molecule has 2 aromatic rings. The smallest absolute Gasteiger partial charge is 0.178 e. The van der Waals surface area contributed by atoms with E-state index in [-0.39, 0.29) is 11.9 Å². The molecule has 0 aliphatic carbocycles. The number of fused-ring (bicyclic) bond motifs is 1. The van der Waals surface area contributed by atoms with Crippen LogP contribution in [-0.4, -0.2) is 22.8 Å². The lowest BCUT2D eigenvalue weighted by Crippen LogP contribution is -2.16. The summed E-state index contributed by atoms with van der Waals surface area (Å²) in [6.07, 6.45) is 1.05. The van der Waals surface area contributed by atoms with Gasteiger partial charge in [-0.2, -0.15) is 0 Å². The number of aromatic amines is 1. The van der Waals surface area contributed by atoms with Gasteiger partial charge in [-0.05, 0) is 43.8 Å². The normalized spacial score (nSPS) is 21.6. The van der Waals surface area contributed by atoms with E-state index in [2.05, 4.69) is 16.5 Å². The molecule has 18 heavy (non-hydrogen) atoms. The van der Waals surface area contributed by atoms with Gasteiger partial charge in [0.2, 0.25) is 0 Å². The highest BCUT2D eigenvalue weighted by Gasteiger charge is 2.25. The maximum absolute atomic E-state index is 13.2. The number of hydrogen-bond acceptors (Lipinski definition) is 2. The first-order valence-electron chi connectivity index (χ1n) is 6.14. The van der Waals surface area contributed by atoms with Gasteiger partial charge in [0.15, 0.2) is 4.77 Å². The molecule has 1 saturated heterocycles. The van der Waals surface area contributed by atoms with E-state index >= 15 is 0 Å². The van der Waals surface area contributed by atoms with Crippen molar-refractivity contribution >= 4 is 23.3 Å². The summed E-state index contributed by atoms with van der Waals surface area (Å²) in [5.74, 6) is 0.225. The maximum Gasteiger partial charge on any atom is 0.178 e. The lowest BCUT2D eigenvalue weighted by atomic mass is 10.0. The van der Waals surface area contributed by atoms with Crippen molar-refractivity contribution in [2.45, 2.75) is 19.4 Å². The van der Waals surface area contributed by atoms with Crippen molar-refractivity contribution in [3.8, 4) is 0 Å². The van der Waals surface area contributed by atoms with E-state index in [1.165, 1.54) is 12.1 Å². The van der Waals surface area contributed by atoms with E-state index < -0.39 is 0 Å². The average molecular weight is 266 g/mol. The molecule has 3 rings (SSSR count). The van der Waals surface area contributed by atoms with E-state index in [1.54, 1.807) is 6.07 Å². The minimum absolute atomic E-state index is 0.247. The lowest BCUT2D eigenvalue weighted by Gasteiger charge is -2.20. The molecule has 0 spiro atoms. The summed E-state index contributed by atoms with van der Waals surface area (Å²) in [6.45, 7) is 3.74. The Kier molecular flexibility index (Phi) is 2.95. The van der Waals surface area contributed by atoms with Gasteiger partial charge in [0.1, 0.15) is 5.82 Å². The molecule has 1 aliphatic rings. The van der Waals surface area contributed by atoms with Gasteiger partial charge in [-0.3, -0.25) is 0 Å². The highest BCUT2D eigenvalue weighted by Crippen LogP contribution is 2.29. The van der Waals surface area contributed by atoms with E-state index in [9.17, 15) is 4.39 Å². The molecule has 0 bridgehead atoms. The van der Waals surface area contributed by atoms with Crippen molar-refractivity contribution in [3.05, 3.63) is 28.8 Å². The number of aromatic nitrogens is 2. The number of nitrogens with zero attached hydrogens (tertiary/aromatic N) is 1. The second-order valence-electron chi connectivity index (χ2n) is 4.83. The van der Waals surface area contributed by atoms with Gasteiger partial charge in [-0.25, -0.2) is 4.39 Å². The van der Waals surface area contributed by atoms with Gasteiger partial charge in [0, 0.05) is 18.6 Å². The molecular formula is C13H15FN2OS. The minimum Gasteiger partial charge on any atom is -0.381 e. The fourth-order valence-electron chi connectivity index (χ4n) is 2.65. The predicted octanol–water partition coefficient (Wildman–Crippen LogP) is 3.44. The zero-order valence-electron chi connectivity index (χ0n) is 10.1. The number of imidazole rings is 1. The summed E-state index contributed by atoms with van der Waals surface area (Å²) in [4.78, 5) is 3.07. The van der Waals surface area contributed by atoms with Gasteiger partial charge in [0.25, 0.3) is 0 Å². The van der Waals surface area contributed by atoms with Gasteiger partial charge in [-0.15, -0.1) is 0 Å². The Hall–Kier alpha value is -1.20. The zero-order valence-corrected chi connectivity index (χ0v) is 11.0. The molecule has 0 amide bonds. The fourth-order valence-corrected chi connectivity index (χ4v) is 3.03. The third kappa shape index (κ3) is 1.87. The van der Waals surface area contributed by atoms with E-state index in [4.69, 9.17) is 17.0 Å². The fraction of sp³-hybridized carbons (Fsp3) is 0.462. The Labute approximate surface area is 110 Å². The molecule has 2 atom stereocenters.